The zero-order valence-corrected chi connectivity index (χ0v) is 30.4. The second-order valence-electron chi connectivity index (χ2n) is 13.0. The molecule has 2 heterocycles. The molecule has 4 amide bonds. The predicted octanol–water partition coefficient (Wildman–Crippen LogP) is -0.903. The Morgan fingerprint density at radius 2 is 0.870 bits per heavy atom. The first-order valence-electron chi connectivity index (χ1n) is 17.1. The van der Waals surface area contributed by atoms with Crippen molar-refractivity contribution in [1.29, 1.82) is 0 Å². The molecule has 2 saturated heterocycles. The maximum atomic E-state index is 13.0. The Balaban J connectivity index is 1.21. The zero-order chi connectivity index (χ0) is 39.7. The summed E-state index contributed by atoms with van der Waals surface area (Å²) in [5.74, 6) is -4.34. The van der Waals surface area contributed by atoms with Crippen molar-refractivity contribution in [2.45, 2.75) is 64.7 Å². The molecule has 4 rings (SSSR count). The summed E-state index contributed by atoms with van der Waals surface area (Å²) >= 11 is 0. The van der Waals surface area contributed by atoms with Gasteiger partial charge in [0.05, 0.1) is 26.2 Å². The van der Waals surface area contributed by atoms with Gasteiger partial charge in [0, 0.05) is 25.9 Å². The maximum Gasteiger partial charge on any atom is 0.324 e. The molecule has 0 radical (unpaired) electrons. The van der Waals surface area contributed by atoms with Crippen molar-refractivity contribution in [1.82, 2.24) is 19.6 Å². The molecule has 0 unspecified atom stereocenters. The number of esters is 4. The van der Waals surface area contributed by atoms with Crippen LogP contribution in [-0.4, -0.2) is 131 Å². The number of nitrogens with zero attached hydrogens (tertiary/aromatic N) is 4. The Morgan fingerprint density at radius 1 is 0.574 bits per heavy atom. The Bertz CT molecular complexity index is 1590. The molecule has 54 heavy (non-hydrogen) atoms. The summed E-state index contributed by atoms with van der Waals surface area (Å²) < 4.78 is 20.3. The average Bonchev–Trinajstić information content (AvgIpc) is 3.11. The minimum atomic E-state index is -1.09. The van der Waals surface area contributed by atoms with Gasteiger partial charge in [-0.3, -0.25) is 48.2 Å². The molecule has 0 aliphatic carbocycles. The molecule has 0 saturated carbocycles. The third kappa shape index (κ3) is 11.2. The van der Waals surface area contributed by atoms with E-state index in [1.54, 1.807) is 72.2 Å². The molecular weight excluding hydrogens is 708 g/mol. The highest BCUT2D eigenvalue weighted by Crippen LogP contribution is 2.19. The molecule has 2 fully saturated rings. The smallest absolute Gasteiger partial charge is 0.324 e. The van der Waals surface area contributed by atoms with Gasteiger partial charge in [-0.2, -0.15) is 0 Å². The van der Waals surface area contributed by atoms with E-state index in [-0.39, 0.29) is 39.0 Å². The van der Waals surface area contributed by atoms with E-state index < -0.39 is 85.1 Å². The number of piperazine rings is 2. The van der Waals surface area contributed by atoms with Crippen molar-refractivity contribution in [3.8, 4) is 11.5 Å². The number of amides is 4. The Morgan fingerprint density at radius 3 is 1.15 bits per heavy atom. The number of nitrogens with two attached hydrogens (primary N) is 2. The second kappa shape index (κ2) is 18.5. The van der Waals surface area contributed by atoms with Crippen LogP contribution < -0.4 is 20.9 Å². The normalized spacial score (nSPS) is 17.7. The fourth-order valence-electron chi connectivity index (χ4n) is 5.76. The van der Waals surface area contributed by atoms with E-state index >= 15 is 0 Å². The third-order valence-corrected chi connectivity index (χ3v) is 8.97. The third-order valence-electron chi connectivity index (χ3n) is 8.97. The highest BCUT2D eigenvalue weighted by molar-refractivity contribution is 6.00. The van der Waals surface area contributed by atoms with Gasteiger partial charge in [0.1, 0.15) is 23.6 Å². The SMILES string of the molecule is CC(=O)Oc1ccc(C[C@H](N)C(=O)OCN2C(=O)CN([C@H](C)[C@H](C)N3CC(=O)N(COC(=O)[C@@H](N)Cc4ccc(OC(C)=O)cc4)C(=O)C3)CC2=O)cc1. The van der Waals surface area contributed by atoms with Gasteiger partial charge in [-0.05, 0) is 62.1 Å². The van der Waals surface area contributed by atoms with Gasteiger partial charge in [0.15, 0.2) is 13.5 Å². The van der Waals surface area contributed by atoms with Gasteiger partial charge in [-0.1, -0.05) is 24.3 Å². The van der Waals surface area contributed by atoms with Crippen molar-refractivity contribution in [3.63, 3.8) is 0 Å². The summed E-state index contributed by atoms with van der Waals surface area (Å²) in [6.07, 6.45) is 0.195. The zero-order valence-electron chi connectivity index (χ0n) is 30.4. The lowest BCUT2D eigenvalue weighted by Crippen LogP contribution is -2.63. The summed E-state index contributed by atoms with van der Waals surface area (Å²) in [7, 11) is 0. The molecule has 4 N–H and O–H groups in total. The molecular formula is C36H44N6O12. The number of carbonyl (C=O) groups excluding carboxylic acids is 8. The summed E-state index contributed by atoms with van der Waals surface area (Å²) in [4.78, 5) is 104. The van der Waals surface area contributed by atoms with E-state index in [1.165, 1.54) is 13.8 Å². The summed E-state index contributed by atoms with van der Waals surface area (Å²) in [6, 6.07) is 9.69. The lowest BCUT2D eigenvalue weighted by molar-refractivity contribution is -0.169. The lowest BCUT2D eigenvalue weighted by Gasteiger charge is -2.43. The average molecular weight is 753 g/mol. The first-order chi connectivity index (χ1) is 25.5. The topological polar surface area (TPSA) is 238 Å². The molecule has 290 valence electrons. The van der Waals surface area contributed by atoms with Crippen molar-refractivity contribution in [2.24, 2.45) is 11.5 Å². The molecule has 2 aliphatic rings. The number of imide groups is 2. The van der Waals surface area contributed by atoms with Crippen LogP contribution in [0.25, 0.3) is 0 Å². The van der Waals surface area contributed by atoms with Crippen LogP contribution in [0.3, 0.4) is 0 Å². The van der Waals surface area contributed by atoms with E-state index in [4.69, 9.17) is 30.4 Å². The van der Waals surface area contributed by atoms with Gasteiger partial charge in [-0.15, -0.1) is 0 Å². The molecule has 0 bridgehead atoms. The highest BCUT2D eigenvalue weighted by atomic mass is 16.6. The van der Waals surface area contributed by atoms with E-state index in [2.05, 4.69) is 0 Å². The number of rotatable bonds is 15. The second-order valence-corrected chi connectivity index (χ2v) is 13.0. The first kappa shape index (κ1) is 41.2. The van der Waals surface area contributed by atoms with Crippen LogP contribution in [0.15, 0.2) is 48.5 Å². The van der Waals surface area contributed by atoms with Crippen LogP contribution in [0.2, 0.25) is 0 Å². The van der Waals surface area contributed by atoms with Gasteiger partial charge in [0.25, 0.3) is 0 Å². The number of hydrogen-bond acceptors (Lipinski definition) is 16. The minimum Gasteiger partial charge on any atom is -0.443 e. The first-order valence-corrected chi connectivity index (χ1v) is 17.1. The van der Waals surface area contributed by atoms with Crippen molar-refractivity contribution < 1.29 is 57.3 Å². The Kier molecular flexibility index (Phi) is 14.1. The van der Waals surface area contributed by atoms with E-state index in [9.17, 15) is 38.4 Å². The van der Waals surface area contributed by atoms with E-state index in [0.29, 0.717) is 22.6 Å². The van der Waals surface area contributed by atoms with Gasteiger partial charge < -0.3 is 30.4 Å². The van der Waals surface area contributed by atoms with Crippen LogP contribution in [-0.2, 0) is 60.7 Å². The van der Waals surface area contributed by atoms with E-state index in [1.807, 2.05) is 0 Å². The minimum absolute atomic E-state index is 0.0976. The molecule has 18 nitrogen and oxygen atoms in total. The number of benzene rings is 2. The van der Waals surface area contributed by atoms with Crippen LogP contribution in [0, 0.1) is 0 Å². The van der Waals surface area contributed by atoms with Gasteiger partial charge in [-0.25, -0.2) is 9.80 Å². The molecule has 2 aliphatic heterocycles. The predicted molar refractivity (Wildman–Crippen MR) is 187 cm³/mol. The monoisotopic (exact) mass is 752 g/mol. The Labute approximate surface area is 311 Å². The van der Waals surface area contributed by atoms with Crippen LogP contribution in [0.1, 0.15) is 38.8 Å². The number of ether oxygens (including phenoxy) is 4. The lowest BCUT2D eigenvalue weighted by atomic mass is 10.1. The summed E-state index contributed by atoms with van der Waals surface area (Å²) in [6.45, 7) is 4.08. The van der Waals surface area contributed by atoms with Crippen LogP contribution in [0.4, 0.5) is 0 Å². The molecule has 2 aromatic carbocycles. The maximum absolute atomic E-state index is 13.0. The quantitative estimate of drug-likeness (QED) is 0.127. The largest absolute Gasteiger partial charge is 0.443 e. The summed E-state index contributed by atoms with van der Waals surface area (Å²) in [5.41, 5.74) is 13.3. The molecule has 18 heteroatoms. The Hall–Kier alpha value is -5.56. The van der Waals surface area contributed by atoms with Crippen molar-refractivity contribution in [3.05, 3.63) is 59.7 Å². The molecule has 0 aromatic heterocycles. The fraction of sp³-hybridized carbons (Fsp3) is 0.444. The van der Waals surface area contributed by atoms with Crippen LogP contribution >= 0.6 is 0 Å². The molecule has 2 aromatic rings. The summed E-state index contributed by atoms with van der Waals surface area (Å²) in [5, 5.41) is 0. The molecule has 0 spiro atoms. The molecule has 4 atom stereocenters. The number of carbonyl (C=O) groups is 8. The number of hydrogen-bond donors (Lipinski definition) is 2. The van der Waals surface area contributed by atoms with Crippen LogP contribution in [0.5, 0.6) is 11.5 Å². The van der Waals surface area contributed by atoms with E-state index in [0.717, 1.165) is 9.80 Å². The fourth-order valence-corrected chi connectivity index (χ4v) is 5.76. The van der Waals surface area contributed by atoms with Crippen molar-refractivity contribution in [2.75, 3.05) is 39.6 Å². The van der Waals surface area contributed by atoms with Crippen molar-refractivity contribution >= 4 is 47.5 Å². The van der Waals surface area contributed by atoms with Gasteiger partial charge in [0.2, 0.25) is 23.6 Å². The van der Waals surface area contributed by atoms with Gasteiger partial charge >= 0.3 is 23.9 Å². The standard InChI is InChI=1S/C36H44N6O12/c1-21(39-15-31(45)41(32(46)16-39)19-51-35(49)29(37)13-25-5-9-27(10-6-25)53-23(3)43)22(2)40-17-33(47)42(34(48)18-40)20-52-36(50)30(38)14-26-7-11-28(12-8-26)54-24(4)44/h5-12,21-22,29-30H,13-20,37-38H2,1-4H3/t21-,22+,29-,30-/m0/s1. The highest BCUT2D eigenvalue weighted by Gasteiger charge is 2.40.